The number of carbonyl (C=O) groups excluding carboxylic acids is 2. The van der Waals surface area contributed by atoms with Gasteiger partial charge < -0.3 is 9.80 Å². The highest BCUT2D eigenvalue weighted by molar-refractivity contribution is 6.33. The van der Waals surface area contributed by atoms with Crippen LogP contribution in [0.1, 0.15) is 54.4 Å². The third-order valence-electron chi connectivity index (χ3n) is 6.71. The molecule has 0 aromatic heterocycles. The van der Waals surface area contributed by atoms with E-state index in [9.17, 15) is 22.8 Å². The summed E-state index contributed by atoms with van der Waals surface area (Å²) in [6, 6.07) is 5.59. The Balaban J connectivity index is 1.52. The van der Waals surface area contributed by atoms with Crippen molar-refractivity contribution in [1.29, 1.82) is 0 Å². The van der Waals surface area contributed by atoms with Crippen molar-refractivity contribution in [3.63, 3.8) is 0 Å². The third-order valence-corrected chi connectivity index (χ3v) is 7.03. The van der Waals surface area contributed by atoms with Gasteiger partial charge in [0.1, 0.15) is 0 Å². The summed E-state index contributed by atoms with van der Waals surface area (Å²) in [6.07, 6.45) is 1.39. The van der Waals surface area contributed by atoms with Gasteiger partial charge in [-0.15, -0.1) is 0 Å². The number of amides is 2. The van der Waals surface area contributed by atoms with Crippen LogP contribution in [0.2, 0.25) is 5.02 Å². The largest absolute Gasteiger partial charge is 0.471 e. The normalized spacial score (nSPS) is 19.7. The van der Waals surface area contributed by atoms with Crippen LogP contribution in [-0.2, 0) is 11.2 Å². The summed E-state index contributed by atoms with van der Waals surface area (Å²) in [7, 11) is 3.38. The Morgan fingerprint density at radius 3 is 2.23 bits per heavy atom. The lowest BCUT2D eigenvalue weighted by atomic mass is 9.64. The smallest absolute Gasteiger partial charge is 0.345 e. The van der Waals surface area contributed by atoms with Crippen LogP contribution in [0.4, 0.5) is 13.2 Å². The number of benzene rings is 1. The van der Waals surface area contributed by atoms with Crippen LogP contribution < -0.4 is 0 Å². The van der Waals surface area contributed by atoms with Gasteiger partial charge in [0.2, 0.25) is 0 Å². The second-order valence-corrected chi connectivity index (χ2v) is 9.36. The number of nitrogens with zero attached hydrogens (tertiary/aromatic N) is 2. The Hall–Kier alpha value is -1.76. The van der Waals surface area contributed by atoms with Crippen molar-refractivity contribution in [3.05, 3.63) is 34.3 Å². The number of halogens is 4. The number of hydrogen-bond donors (Lipinski definition) is 0. The van der Waals surface area contributed by atoms with Gasteiger partial charge in [-0.3, -0.25) is 9.59 Å². The van der Waals surface area contributed by atoms with Gasteiger partial charge in [-0.05, 0) is 74.0 Å². The average Bonchev–Trinajstić information content (AvgIpc) is 2.69. The number of hydrogen-bond acceptors (Lipinski definition) is 2. The Morgan fingerprint density at radius 1 is 1.13 bits per heavy atom. The van der Waals surface area contributed by atoms with Gasteiger partial charge >= 0.3 is 12.1 Å². The highest BCUT2D eigenvalue weighted by Gasteiger charge is 2.46. The Labute approximate surface area is 180 Å². The molecule has 8 heteroatoms. The molecule has 0 bridgehead atoms. The maximum absolute atomic E-state index is 12.6. The highest BCUT2D eigenvalue weighted by atomic mass is 35.5. The number of piperidine rings is 1. The van der Waals surface area contributed by atoms with Crippen LogP contribution in [0.25, 0.3) is 0 Å². The van der Waals surface area contributed by atoms with Gasteiger partial charge in [-0.25, -0.2) is 0 Å². The molecule has 0 atom stereocenters. The molecule has 4 nitrogen and oxygen atoms in total. The fourth-order valence-corrected chi connectivity index (χ4v) is 5.07. The standard InChI is InChI=1S/C22H28ClF3N2O2/c1-27(2)19(29)17-4-3-16(14-18(17)23)13-15-5-7-21(8-6-15)9-11-28(12-10-21)20(30)22(24,25)26/h3-4,14-15H,5-13H2,1-2H3. The zero-order valence-corrected chi connectivity index (χ0v) is 18.2. The molecule has 3 rings (SSSR count). The maximum Gasteiger partial charge on any atom is 0.471 e. The lowest BCUT2D eigenvalue weighted by Gasteiger charge is -2.46. The zero-order valence-electron chi connectivity index (χ0n) is 17.4. The molecule has 1 heterocycles. The Morgan fingerprint density at radius 2 is 1.73 bits per heavy atom. The van der Waals surface area contributed by atoms with Gasteiger partial charge in [0, 0.05) is 27.2 Å². The van der Waals surface area contributed by atoms with Crippen LogP contribution in [0.3, 0.4) is 0 Å². The molecule has 1 aromatic carbocycles. The first-order chi connectivity index (χ1) is 14.0. The summed E-state index contributed by atoms with van der Waals surface area (Å²) < 4.78 is 37.9. The predicted octanol–water partition coefficient (Wildman–Crippen LogP) is 4.95. The Bertz CT molecular complexity index is 792. The maximum atomic E-state index is 12.6. The van der Waals surface area contributed by atoms with E-state index in [0.29, 0.717) is 29.3 Å². The van der Waals surface area contributed by atoms with Crippen LogP contribution >= 0.6 is 11.6 Å². The van der Waals surface area contributed by atoms with E-state index < -0.39 is 12.1 Å². The molecule has 1 saturated heterocycles. The first kappa shape index (κ1) is 22.9. The topological polar surface area (TPSA) is 40.6 Å². The number of alkyl halides is 3. The number of likely N-dealkylation sites (tertiary alicyclic amines) is 1. The second-order valence-electron chi connectivity index (χ2n) is 8.95. The molecule has 0 N–H and O–H groups in total. The summed E-state index contributed by atoms with van der Waals surface area (Å²) in [4.78, 5) is 26.0. The van der Waals surface area contributed by atoms with Crippen LogP contribution in [0, 0.1) is 11.3 Å². The lowest BCUT2D eigenvalue weighted by molar-refractivity contribution is -0.187. The van der Waals surface area contributed by atoms with Gasteiger partial charge in [0.15, 0.2) is 0 Å². The van der Waals surface area contributed by atoms with Crippen LogP contribution in [0.15, 0.2) is 18.2 Å². The van der Waals surface area contributed by atoms with E-state index in [0.717, 1.165) is 42.6 Å². The van der Waals surface area contributed by atoms with E-state index in [1.165, 1.54) is 4.90 Å². The van der Waals surface area contributed by atoms with Gasteiger partial charge in [-0.2, -0.15) is 13.2 Å². The van der Waals surface area contributed by atoms with E-state index in [2.05, 4.69) is 0 Å². The van der Waals surface area contributed by atoms with Crippen molar-refractivity contribution >= 4 is 23.4 Å². The molecular weight excluding hydrogens is 417 g/mol. The molecule has 1 saturated carbocycles. The van der Waals surface area contributed by atoms with E-state index >= 15 is 0 Å². The second kappa shape index (κ2) is 8.77. The van der Waals surface area contributed by atoms with Crippen molar-refractivity contribution in [3.8, 4) is 0 Å². The summed E-state index contributed by atoms with van der Waals surface area (Å²) in [5, 5.41) is 0.459. The van der Waals surface area contributed by atoms with E-state index in [1.807, 2.05) is 12.1 Å². The molecule has 1 aliphatic heterocycles. The first-order valence-electron chi connectivity index (χ1n) is 10.4. The summed E-state index contributed by atoms with van der Waals surface area (Å²) in [5.74, 6) is -1.34. The minimum absolute atomic E-state index is 0.0680. The van der Waals surface area contributed by atoms with E-state index in [-0.39, 0.29) is 24.4 Å². The number of rotatable bonds is 3. The molecule has 1 aliphatic carbocycles. The fourth-order valence-electron chi connectivity index (χ4n) is 4.79. The molecule has 2 amide bonds. The molecule has 0 radical (unpaired) electrons. The zero-order chi connectivity index (χ0) is 22.1. The molecule has 2 fully saturated rings. The first-order valence-corrected chi connectivity index (χ1v) is 10.7. The average molecular weight is 445 g/mol. The molecule has 1 spiro atoms. The minimum atomic E-state index is -4.78. The molecule has 0 unspecified atom stereocenters. The Kier molecular flexibility index (Phi) is 6.70. The molecule has 30 heavy (non-hydrogen) atoms. The van der Waals surface area contributed by atoms with Crippen LogP contribution in [0.5, 0.6) is 0 Å². The molecule has 1 aromatic rings. The van der Waals surface area contributed by atoms with Crippen molar-refractivity contribution in [2.45, 2.75) is 51.1 Å². The molecule has 2 aliphatic rings. The van der Waals surface area contributed by atoms with E-state index in [4.69, 9.17) is 11.6 Å². The van der Waals surface area contributed by atoms with Gasteiger partial charge in [0.25, 0.3) is 5.91 Å². The van der Waals surface area contributed by atoms with Gasteiger partial charge in [-0.1, -0.05) is 17.7 Å². The third kappa shape index (κ3) is 5.10. The lowest BCUT2D eigenvalue weighted by Crippen LogP contribution is -2.48. The summed E-state index contributed by atoms with van der Waals surface area (Å²) >= 11 is 6.31. The predicted molar refractivity (Wildman–Crippen MR) is 109 cm³/mol. The van der Waals surface area contributed by atoms with Crippen molar-refractivity contribution in [2.24, 2.45) is 11.3 Å². The summed E-state index contributed by atoms with van der Waals surface area (Å²) in [5.41, 5.74) is 1.66. The quantitative estimate of drug-likeness (QED) is 0.662. The highest BCUT2D eigenvalue weighted by Crippen LogP contribution is 2.47. The monoisotopic (exact) mass is 444 g/mol. The van der Waals surface area contributed by atoms with E-state index in [1.54, 1.807) is 20.2 Å². The van der Waals surface area contributed by atoms with Crippen molar-refractivity contribution in [1.82, 2.24) is 9.80 Å². The van der Waals surface area contributed by atoms with Gasteiger partial charge in [0.05, 0.1) is 10.6 Å². The van der Waals surface area contributed by atoms with Crippen LogP contribution in [-0.4, -0.2) is 55.0 Å². The van der Waals surface area contributed by atoms with Crippen molar-refractivity contribution < 1.29 is 22.8 Å². The molecular formula is C22H28ClF3N2O2. The fraction of sp³-hybridized carbons (Fsp3) is 0.636. The molecule has 166 valence electrons. The van der Waals surface area contributed by atoms with Crippen molar-refractivity contribution in [2.75, 3.05) is 27.2 Å². The SMILES string of the molecule is CN(C)C(=O)c1ccc(CC2CCC3(CC2)CCN(C(=O)C(F)(F)F)CC3)cc1Cl. The minimum Gasteiger partial charge on any atom is -0.345 e. The summed E-state index contributed by atoms with van der Waals surface area (Å²) in [6.45, 7) is 0.389. The number of carbonyl (C=O) groups is 2.